The van der Waals surface area contributed by atoms with Crippen molar-refractivity contribution in [1.82, 2.24) is 4.90 Å². The van der Waals surface area contributed by atoms with Crippen molar-refractivity contribution >= 4 is 23.6 Å². The Bertz CT molecular complexity index is 511. The molecule has 21 heavy (non-hydrogen) atoms. The van der Waals surface area contributed by atoms with Gasteiger partial charge >= 0.3 is 5.97 Å². The van der Waals surface area contributed by atoms with Gasteiger partial charge in [0.15, 0.2) is 0 Å². The average Bonchev–Trinajstić information content (AvgIpc) is 2.44. The van der Waals surface area contributed by atoms with Crippen LogP contribution in [0.25, 0.3) is 0 Å². The largest absolute Gasteiger partial charge is 0.480 e. The molecule has 7 heteroatoms. The van der Waals surface area contributed by atoms with Gasteiger partial charge in [-0.2, -0.15) is 0 Å². The van der Waals surface area contributed by atoms with E-state index in [4.69, 9.17) is 5.11 Å². The lowest BCUT2D eigenvalue weighted by molar-refractivity contribution is -0.136. The van der Waals surface area contributed by atoms with E-state index in [1.807, 2.05) is 0 Å². The summed E-state index contributed by atoms with van der Waals surface area (Å²) in [6.07, 6.45) is -2.60. The maximum atomic E-state index is 12.5. The van der Waals surface area contributed by atoms with Crippen LogP contribution in [-0.2, 0) is 4.79 Å². The van der Waals surface area contributed by atoms with E-state index in [2.05, 4.69) is 0 Å². The molecule has 1 aromatic carbocycles. The highest BCUT2D eigenvalue weighted by Gasteiger charge is 2.22. The smallest absolute Gasteiger partial charge is 0.316 e. The van der Waals surface area contributed by atoms with Gasteiger partial charge < -0.3 is 10.0 Å². The Kier molecular flexibility index (Phi) is 6.61. The molecule has 0 saturated carbocycles. The van der Waals surface area contributed by atoms with E-state index < -0.39 is 30.1 Å². The Morgan fingerprint density at radius 3 is 2.48 bits per heavy atom. The number of hydrogen-bond acceptors (Lipinski definition) is 3. The molecule has 1 amide bonds. The minimum Gasteiger partial charge on any atom is -0.480 e. The maximum Gasteiger partial charge on any atom is 0.316 e. The van der Waals surface area contributed by atoms with Crippen molar-refractivity contribution in [3.63, 3.8) is 0 Å². The Balaban J connectivity index is 3.01. The van der Waals surface area contributed by atoms with Crippen molar-refractivity contribution in [1.29, 1.82) is 0 Å². The molecule has 0 aromatic heterocycles. The van der Waals surface area contributed by atoms with Crippen molar-refractivity contribution in [3.8, 4) is 0 Å². The molecule has 1 atom stereocenters. The minimum absolute atomic E-state index is 0.163. The number of nitrogens with zero attached hydrogens (tertiary/aromatic N) is 1. The zero-order valence-electron chi connectivity index (χ0n) is 11.8. The molecule has 1 unspecified atom stereocenters. The standard InChI is InChI=1S/C14H17F2NO3S/c1-3-17(8-12(15)16)13(18)10-6-4-5-7-11(10)21-9(2)14(19)20/h4-7,9,12H,3,8H2,1-2H3,(H,19,20). The number of carboxylic acid groups (broad SMARTS) is 1. The van der Waals surface area contributed by atoms with Crippen LogP contribution in [0.3, 0.4) is 0 Å². The van der Waals surface area contributed by atoms with Gasteiger partial charge in [-0.05, 0) is 26.0 Å². The maximum absolute atomic E-state index is 12.5. The molecule has 0 aliphatic heterocycles. The SMILES string of the molecule is CCN(CC(F)F)C(=O)c1ccccc1SC(C)C(=O)O. The van der Waals surface area contributed by atoms with E-state index in [0.29, 0.717) is 4.90 Å². The first-order valence-corrected chi connectivity index (χ1v) is 7.30. The zero-order chi connectivity index (χ0) is 16.0. The number of aliphatic carboxylic acids is 1. The minimum atomic E-state index is -2.60. The van der Waals surface area contributed by atoms with Crippen LogP contribution >= 0.6 is 11.8 Å². The number of carboxylic acids is 1. The third-order valence-electron chi connectivity index (χ3n) is 2.80. The Hall–Kier alpha value is -1.63. The Morgan fingerprint density at radius 1 is 1.33 bits per heavy atom. The van der Waals surface area contributed by atoms with Gasteiger partial charge in [0.05, 0.1) is 12.1 Å². The molecule has 0 spiro atoms. The second kappa shape index (κ2) is 7.97. The number of alkyl halides is 2. The molecule has 0 fully saturated rings. The summed E-state index contributed by atoms with van der Waals surface area (Å²) in [5, 5.41) is 8.20. The van der Waals surface area contributed by atoms with Crippen LogP contribution in [0.2, 0.25) is 0 Å². The lowest BCUT2D eigenvalue weighted by Crippen LogP contribution is -2.35. The van der Waals surface area contributed by atoms with Gasteiger partial charge in [0.25, 0.3) is 12.3 Å². The Morgan fingerprint density at radius 2 is 1.95 bits per heavy atom. The van der Waals surface area contributed by atoms with Gasteiger partial charge in [0.2, 0.25) is 0 Å². The fourth-order valence-electron chi connectivity index (χ4n) is 1.68. The summed E-state index contributed by atoms with van der Waals surface area (Å²) in [5.41, 5.74) is 0.248. The molecule has 0 aliphatic rings. The number of thioether (sulfide) groups is 1. The first-order valence-electron chi connectivity index (χ1n) is 6.42. The summed E-state index contributed by atoms with van der Waals surface area (Å²) < 4.78 is 25.0. The van der Waals surface area contributed by atoms with E-state index >= 15 is 0 Å². The van der Waals surface area contributed by atoms with Crippen LogP contribution in [-0.4, -0.2) is 46.6 Å². The van der Waals surface area contributed by atoms with Crippen molar-refractivity contribution < 1.29 is 23.5 Å². The van der Waals surface area contributed by atoms with Crippen LogP contribution in [0, 0.1) is 0 Å². The summed E-state index contributed by atoms with van der Waals surface area (Å²) in [6, 6.07) is 6.44. The number of carbonyl (C=O) groups is 2. The topological polar surface area (TPSA) is 57.6 Å². The van der Waals surface area contributed by atoms with Crippen LogP contribution < -0.4 is 0 Å². The highest BCUT2D eigenvalue weighted by atomic mass is 32.2. The van der Waals surface area contributed by atoms with Crippen LogP contribution in [0.4, 0.5) is 8.78 Å². The molecule has 0 saturated heterocycles. The molecule has 1 rings (SSSR count). The fraction of sp³-hybridized carbons (Fsp3) is 0.429. The third-order valence-corrected chi connectivity index (χ3v) is 3.96. The van der Waals surface area contributed by atoms with E-state index in [-0.39, 0.29) is 12.1 Å². The van der Waals surface area contributed by atoms with Crippen LogP contribution in [0.15, 0.2) is 29.2 Å². The van der Waals surface area contributed by atoms with E-state index in [9.17, 15) is 18.4 Å². The fourth-order valence-corrected chi connectivity index (χ4v) is 2.60. The lowest BCUT2D eigenvalue weighted by Gasteiger charge is -2.22. The molecule has 1 N–H and O–H groups in total. The summed E-state index contributed by atoms with van der Waals surface area (Å²) in [7, 11) is 0. The van der Waals surface area contributed by atoms with Crippen LogP contribution in [0.5, 0.6) is 0 Å². The number of halogens is 2. The van der Waals surface area contributed by atoms with Crippen LogP contribution in [0.1, 0.15) is 24.2 Å². The molecule has 1 aromatic rings. The third kappa shape index (κ3) is 5.00. The first kappa shape index (κ1) is 17.4. The molecule has 4 nitrogen and oxygen atoms in total. The predicted octanol–water partition coefficient (Wildman–Crippen LogP) is 2.98. The molecular formula is C14H17F2NO3S. The normalized spacial score (nSPS) is 12.2. The summed E-state index contributed by atoms with van der Waals surface area (Å²) in [5.74, 6) is -1.51. The number of benzene rings is 1. The van der Waals surface area contributed by atoms with Gasteiger partial charge in [-0.1, -0.05) is 12.1 Å². The predicted molar refractivity (Wildman–Crippen MR) is 77.0 cm³/mol. The van der Waals surface area contributed by atoms with Gasteiger partial charge in [0.1, 0.15) is 5.25 Å². The number of amides is 1. The van der Waals surface area contributed by atoms with Gasteiger partial charge in [-0.15, -0.1) is 11.8 Å². The summed E-state index contributed by atoms with van der Waals surface area (Å²) >= 11 is 1.02. The number of carbonyl (C=O) groups excluding carboxylic acids is 1. The van der Waals surface area contributed by atoms with Crippen molar-refractivity contribution in [2.24, 2.45) is 0 Å². The summed E-state index contributed by atoms with van der Waals surface area (Å²) in [4.78, 5) is 24.7. The van der Waals surface area contributed by atoms with Crippen molar-refractivity contribution in [3.05, 3.63) is 29.8 Å². The van der Waals surface area contributed by atoms with Gasteiger partial charge in [0, 0.05) is 11.4 Å². The molecule has 0 bridgehead atoms. The second-order valence-electron chi connectivity index (χ2n) is 4.33. The zero-order valence-corrected chi connectivity index (χ0v) is 12.6. The molecule has 116 valence electrons. The van der Waals surface area contributed by atoms with E-state index in [1.165, 1.54) is 13.0 Å². The number of rotatable bonds is 7. The van der Waals surface area contributed by atoms with Crippen molar-refractivity contribution in [2.45, 2.75) is 30.4 Å². The second-order valence-corrected chi connectivity index (χ2v) is 5.71. The molecule has 0 radical (unpaired) electrons. The van der Waals surface area contributed by atoms with Gasteiger partial charge in [-0.25, -0.2) is 8.78 Å². The Labute approximate surface area is 126 Å². The average molecular weight is 317 g/mol. The van der Waals surface area contributed by atoms with Gasteiger partial charge in [-0.3, -0.25) is 9.59 Å². The molecular weight excluding hydrogens is 300 g/mol. The van der Waals surface area contributed by atoms with E-state index in [1.54, 1.807) is 25.1 Å². The van der Waals surface area contributed by atoms with Crippen molar-refractivity contribution in [2.75, 3.05) is 13.1 Å². The van der Waals surface area contributed by atoms with E-state index in [0.717, 1.165) is 16.7 Å². The number of hydrogen-bond donors (Lipinski definition) is 1. The summed E-state index contributed by atoms with van der Waals surface area (Å²) in [6.45, 7) is 2.65. The highest BCUT2D eigenvalue weighted by molar-refractivity contribution is 8.00. The first-order chi connectivity index (χ1) is 9.86. The molecule has 0 heterocycles. The quantitative estimate of drug-likeness (QED) is 0.786. The monoisotopic (exact) mass is 317 g/mol. The lowest BCUT2D eigenvalue weighted by atomic mass is 10.2. The highest BCUT2D eigenvalue weighted by Crippen LogP contribution is 2.28. The molecule has 0 aliphatic carbocycles.